The third-order valence-corrected chi connectivity index (χ3v) is 6.50. The predicted molar refractivity (Wildman–Crippen MR) is 111 cm³/mol. The number of quaternary nitrogens is 2. The topological polar surface area (TPSA) is 18.5 Å². The van der Waals surface area contributed by atoms with Crippen molar-refractivity contribution >= 4 is 0 Å². The van der Waals surface area contributed by atoms with Crippen LogP contribution in [-0.4, -0.2) is 74.5 Å². The van der Waals surface area contributed by atoms with Crippen molar-refractivity contribution in [3.05, 3.63) is 24.3 Å². The number of ether oxygens (including phenoxy) is 2. The standard InChI is InChI=1S/C22H42N2O2/c1-7-23(8-2,9-3)16-18-25-21-14-13-15-22(20-21)26-19-17-24(10-4,11-5)12-6/h13-15,20H,7-12,16-19H2,1-6H3/q+2. The molecule has 4 nitrogen and oxygen atoms in total. The Hall–Kier alpha value is -1.26. The Labute approximate surface area is 161 Å². The molecule has 0 saturated heterocycles. The fraction of sp³-hybridized carbons (Fsp3) is 0.727. The van der Waals surface area contributed by atoms with Gasteiger partial charge in [0.05, 0.1) is 39.3 Å². The van der Waals surface area contributed by atoms with Gasteiger partial charge >= 0.3 is 0 Å². The quantitative estimate of drug-likeness (QED) is 0.460. The van der Waals surface area contributed by atoms with Crippen LogP contribution in [0.15, 0.2) is 24.3 Å². The lowest BCUT2D eigenvalue weighted by molar-refractivity contribution is -0.923. The third-order valence-electron chi connectivity index (χ3n) is 6.50. The molecule has 0 saturated carbocycles. The summed E-state index contributed by atoms with van der Waals surface area (Å²) in [6.45, 7) is 24.2. The lowest BCUT2D eigenvalue weighted by Gasteiger charge is -2.35. The molecule has 0 bridgehead atoms. The van der Waals surface area contributed by atoms with E-state index in [4.69, 9.17) is 9.47 Å². The highest BCUT2D eigenvalue weighted by molar-refractivity contribution is 5.32. The van der Waals surface area contributed by atoms with Gasteiger partial charge in [-0.15, -0.1) is 0 Å². The van der Waals surface area contributed by atoms with E-state index >= 15 is 0 Å². The number of rotatable bonds is 14. The van der Waals surface area contributed by atoms with E-state index in [2.05, 4.69) is 41.5 Å². The first-order valence-electron chi connectivity index (χ1n) is 10.6. The summed E-state index contributed by atoms with van der Waals surface area (Å²) in [6.07, 6.45) is 0. The summed E-state index contributed by atoms with van der Waals surface area (Å²) in [5.74, 6) is 1.82. The Morgan fingerprint density at radius 1 is 0.615 bits per heavy atom. The SMILES string of the molecule is CC[N+](CC)(CC)CCOc1cccc(OCC[N+](CC)(CC)CC)c1. The van der Waals surface area contributed by atoms with Gasteiger partial charge in [0.25, 0.3) is 0 Å². The van der Waals surface area contributed by atoms with E-state index in [-0.39, 0.29) is 0 Å². The van der Waals surface area contributed by atoms with Crippen molar-refractivity contribution in [2.45, 2.75) is 41.5 Å². The fourth-order valence-corrected chi connectivity index (χ4v) is 3.66. The molecule has 150 valence electrons. The zero-order chi connectivity index (χ0) is 19.5. The van der Waals surface area contributed by atoms with Crippen molar-refractivity contribution in [3.63, 3.8) is 0 Å². The van der Waals surface area contributed by atoms with Crippen molar-refractivity contribution in [1.82, 2.24) is 0 Å². The summed E-state index contributed by atoms with van der Waals surface area (Å²) < 4.78 is 14.3. The summed E-state index contributed by atoms with van der Waals surface area (Å²) in [5.41, 5.74) is 0. The number of nitrogens with zero attached hydrogens (tertiary/aromatic N) is 2. The summed E-state index contributed by atoms with van der Waals surface area (Å²) in [4.78, 5) is 0. The minimum Gasteiger partial charge on any atom is -0.488 e. The molecule has 0 unspecified atom stereocenters. The maximum absolute atomic E-state index is 6.02. The van der Waals surface area contributed by atoms with E-state index in [0.29, 0.717) is 0 Å². The zero-order valence-corrected chi connectivity index (χ0v) is 18.1. The summed E-state index contributed by atoms with van der Waals surface area (Å²) in [6, 6.07) is 8.09. The lowest BCUT2D eigenvalue weighted by atomic mass is 10.3. The van der Waals surface area contributed by atoms with Crippen molar-refractivity contribution in [2.75, 3.05) is 65.6 Å². The molecule has 1 aromatic carbocycles. The molecule has 0 fully saturated rings. The Kier molecular flexibility index (Phi) is 10.0. The van der Waals surface area contributed by atoms with Crippen molar-refractivity contribution < 1.29 is 18.4 Å². The Balaban J connectivity index is 2.53. The lowest BCUT2D eigenvalue weighted by Crippen LogP contribution is -2.49. The molecule has 0 aliphatic heterocycles. The van der Waals surface area contributed by atoms with E-state index in [0.717, 1.165) is 86.0 Å². The van der Waals surface area contributed by atoms with Crippen LogP contribution in [-0.2, 0) is 0 Å². The highest BCUT2D eigenvalue weighted by Gasteiger charge is 2.21. The van der Waals surface area contributed by atoms with Gasteiger partial charge in [0.1, 0.15) is 37.8 Å². The van der Waals surface area contributed by atoms with Crippen LogP contribution in [0, 0.1) is 0 Å². The maximum atomic E-state index is 6.02. The van der Waals surface area contributed by atoms with E-state index in [1.54, 1.807) is 0 Å². The molecule has 1 rings (SSSR count). The zero-order valence-electron chi connectivity index (χ0n) is 18.1. The second-order valence-corrected chi connectivity index (χ2v) is 7.20. The van der Waals surface area contributed by atoms with E-state index in [1.807, 2.05) is 24.3 Å². The fourth-order valence-electron chi connectivity index (χ4n) is 3.66. The largest absolute Gasteiger partial charge is 0.488 e. The molecule has 0 heterocycles. The van der Waals surface area contributed by atoms with Crippen LogP contribution in [0.1, 0.15) is 41.5 Å². The highest BCUT2D eigenvalue weighted by atomic mass is 16.5. The maximum Gasteiger partial charge on any atom is 0.137 e. The molecule has 0 aliphatic carbocycles. The Morgan fingerprint density at radius 2 is 0.962 bits per heavy atom. The first-order chi connectivity index (χ1) is 12.5. The van der Waals surface area contributed by atoms with Crippen molar-refractivity contribution in [2.24, 2.45) is 0 Å². The van der Waals surface area contributed by atoms with Crippen molar-refractivity contribution in [1.29, 1.82) is 0 Å². The molecule has 0 atom stereocenters. The van der Waals surface area contributed by atoms with E-state index in [1.165, 1.54) is 0 Å². The van der Waals surface area contributed by atoms with E-state index in [9.17, 15) is 0 Å². The molecule has 0 aliphatic rings. The highest BCUT2D eigenvalue weighted by Crippen LogP contribution is 2.20. The molecule has 0 radical (unpaired) electrons. The molecule has 1 aromatic rings. The summed E-state index contributed by atoms with van der Waals surface area (Å²) in [7, 11) is 0. The number of benzene rings is 1. The summed E-state index contributed by atoms with van der Waals surface area (Å²) >= 11 is 0. The van der Waals surface area contributed by atoms with Crippen LogP contribution >= 0.6 is 0 Å². The minimum absolute atomic E-state index is 0.750. The molecule has 0 aromatic heterocycles. The molecule has 26 heavy (non-hydrogen) atoms. The van der Waals surface area contributed by atoms with Gasteiger partial charge in [0, 0.05) is 6.07 Å². The van der Waals surface area contributed by atoms with Crippen LogP contribution in [0.5, 0.6) is 11.5 Å². The average molecular weight is 367 g/mol. The van der Waals surface area contributed by atoms with E-state index < -0.39 is 0 Å². The third kappa shape index (κ3) is 6.48. The van der Waals surface area contributed by atoms with Crippen LogP contribution in [0.3, 0.4) is 0 Å². The smallest absolute Gasteiger partial charge is 0.137 e. The first-order valence-corrected chi connectivity index (χ1v) is 10.6. The van der Waals surface area contributed by atoms with Crippen LogP contribution in [0.4, 0.5) is 0 Å². The minimum atomic E-state index is 0.750. The molecule has 0 N–H and O–H groups in total. The second-order valence-electron chi connectivity index (χ2n) is 7.20. The molecular formula is C22H42N2O2+2. The van der Waals surface area contributed by atoms with Crippen LogP contribution in [0.2, 0.25) is 0 Å². The van der Waals surface area contributed by atoms with Gasteiger partial charge in [-0.2, -0.15) is 0 Å². The molecule has 0 amide bonds. The average Bonchev–Trinajstić information content (AvgIpc) is 2.70. The summed E-state index contributed by atoms with van der Waals surface area (Å²) in [5, 5.41) is 0. The monoisotopic (exact) mass is 366 g/mol. The molecule has 4 heteroatoms. The van der Waals surface area contributed by atoms with Crippen molar-refractivity contribution in [3.8, 4) is 11.5 Å². The van der Waals surface area contributed by atoms with Gasteiger partial charge in [0.15, 0.2) is 0 Å². The Bertz CT molecular complexity index is 439. The van der Waals surface area contributed by atoms with Gasteiger partial charge in [-0.05, 0) is 53.7 Å². The van der Waals surface area contributed by atoms with Gasteiger partial charge in [-0.3, -0.25) is 0 Å². The van der Waals surface area contributed by atoms with Gasteiger partial charge in [-0.25, -0.2) is 0 Å². The first kappa shape index (κ1) is 22.8. The van der Waals surface area contributed by atoms with Gasteiger partial charge in [0.2, 0.25) is 0 Å². The number of hydrogen-bond acceptors (Lipinski definition) is 2. The Morgan fingerprint density at radius 3 is 1.27 bits per heavy atom. The number of hydrogen-bond donors (Lipinski definition) is 0. The van der Waals surface area contributed by atoms with Crippen LogP contribution < -0.4 is 9.47 Å². The van der Waals surface area contributed by atoms with Crippen LogP contribution in [0.25, 0.3) is 0 Å². The normalized spacial score (nSPS) is 12.2. The number of likely N-dealkylation sites (N-methyl/N-ethyl adjacent to an activating group) is 2. The second kappa shape index (κ2) is 11.5. The molecule has 0 spiro atoms. The van der Waals surface area contributed by atoms with Gasteiger partial charge in [-0.1, -0.05) is 6.07 Å². The molecular weight excluding hydrogens is 324 g/mol. The van der Waals surface area contributed by atoms with Gasteiger partial charge < -0.3 is 18.4 Å². The predicted octanol–water partition coefficient (Wildman–Crippen LogP) is 4.20.